The Morgan fingerprint density at radius 1 is 1.50 bits per heavy atom. The lowest BCUT2D eigenvalue weighted by Gasteiger charge is -1.92. The van der Waals surface area contributed by atoms with E-state index in [0.717, 1.165) is 6.08 Å². The molecule has 0 amide bonds. The van der Waals surface area contributed by atoms with Gasteiger partial charge in [-0.15, -0.1) is 6.42 Å². The van der Waals surface area contributed by atoms with Gasteiger partial charge in [-0.3, -0.25) is 10.1 Å². The second-order valence-corrected chi connectivity index (χ2v) is 2.49. The molecule has 0 bridgehead atoms. The SMILES string of the molecule is C#C/C(F)=C\c1ccc([N+](=O)[O-])cc1. The zero-order chi connectivity index (χ0) is 10.6. The van der Waals surface area contributed by atoms with E-state index in [9.17, 15) is 14.5 Å². The standard InChI is InChI=1S/C10H6FNO2/c1-2-9(11)7-8-3-5-10(6-4-8)12(13)14/h1,3-7H/b9-7+. The van der Waals surface area contributed by atoms with Crippen LogP contribution in [-0.4, -0.2) is 4.92 Å². The van der Waals surface area contributed by atoms with E-state index in [4.69, 9.17) is 6.42 Å². The Hall–Kier alpha value is -2.15. The van der Waals surface area contributed by atoms with Crippen LogP contribution in [0.25, 0.3) is 6.08 Å². The maximum atomic E-state index is 12.6. The topological polar surface area (TPSA) is 43.1 Å². The van der Waals surface area contributed by atoms with Crippen LogP contribution in [0, 0.1) is 22.5 Å². The summed E-state index contributed by atoms with van der Waals surface area (Å²) in [6.45, 7) is 0. The molecule has 0 fully saturated rings. The molecule has 0 N–H and O–H groups in total. The van der Waals surface area contributed by atoms with Crippen molar-refractivity contribution in [1.82, 2.24) is 0 Å². The van der Waals surface area contributed by atoms with E-state index in [-0.39, 0.29) is 5.69 Å². The maximum Gasteiger partial charge on any atom is 0.269 e. The van der Waals surface area contributed by atoms with E-state index in [1.165, 1.54) is 24.3 Å². The summed E-state index contributed by atoms with van der Waals surface area (Å²) < 4.78 is 12.6. The number of rotatable bonds is 2. The molecule has 4 heteroatoms. The van der Waals surface area contributed by atoms with Gasteiger partial charge in [0.1, 0.15) is 0 Å². The number of allylic oxidation sites excluding steroid dienone is 1. The molecule has 0 aliphatic heterocycles. The predicted molar refractivity (Wildman–Crippen MR) is 51.0 cm³/mol. The third kappa shape index (κ3) is 2.42. The number of nitro benzene ring substituents is 1. The number of hydrogen-bond acceptors (Lipinski definition) is 2. The summed E-state index contributed by atoms with van der Waals surface area (Å²) in [5.41, 5.74) is 0.453. The summed E-state index contributed by atoms with van der Waals surface area (Å²) in [4.78, 5) is 9.75. The molecule has 0 aliphatic carbocycles. The van der Waals surface area contributed by atoms with Crippen molar-refractivity contribution in [3.8, 4) is 12.3 Å². The average Bonchev–Trinajstić information content (AvgIpc) is 2.18. The maximum absolute atomic E-state index is 12.6. The minimum absolute atomic E-state index is 0.0386. The van der Waals surface area contributed by atoms with Gasteiger partial charge in [-0.2, -0.15) is 4.39 Å². The van der Waals surface area contributed by atoms with E-state index in [2.05, 4.69) is 0 Å². The number of nitro groups is 1. The number of hydrogen-bond donors (Lipinski definition) is 0. The molecule has 0 radical (unpaired) electrons. The van der Waals surface area contributed by atoms with E-state index in [0.29, 0.717) is 5.56 Å². The molecule has 0 saturated heterocycles. The van der Waals surface area contributed by atoms with Gasteiger partial charge in [-0.25, -0.2) is 0 Å². The van der Waals surface area contributed by atoms with Gasteiger partial charge in [0.25, 0.3) is 5.69 Å². The molecule has 1 rings (SSSR count). The van der Waals surface area contributed by atoms with Crippen molar-refractivity contribution in [2.45, 2.75) is 0 Å². The first kappa shape index (κ1) is 9.93. The zero-order valence-corrected chi connectivity index (χ0v) is 7.11. The Labute approximate surface area is 80.0 Å². The van der Waals surface area contributed by atoms with Gasteiger partial charge in [0.2, 0.25) is 0 Å². The number of nitrogens with zero attached hydrogens (tertiary/aromatic N) is 1. The summed E-state index contributed by atoms with van der Waals surface area (Å²) >= 11 is 0. The molecule has 1 aromatic carbocycles. The minimum atomic E-state index is -0.709. The van der Waals surface area contributed by atoms with Crippen LogP contribution in [-0.2, 0) is 0 Å². The van der Waals surface area contributed by atoms with Crippen molar-refractivity contribution in [2.24, 2.45) is 0 Å². The molecule has 70 valence electrons. The van der Waals surface area contributed by atoms with E-state index in [1.54, 1.807) is 0 Å². The quantitative estimate of drug-likeness (QED) is 0.409. The molecule has 0 aromatic heterocycles. The van der Waals surface area contributed by atoms with Gasteiger partial charge in [0.05, 0.1) is 4.92 Å². The Kier molecular flexibility index (Phi) is 2.97. The number of terminal acetylenes is 1. The molecule has 0 unspecified atom stereocenters. The third-order valence-electron chi connectivity index (χ3n) is 1.54. The fraction of sp³-hybridized carbons (Fsp3) is 0. The fourth-order valence-corrected chi connectivity index (χ4v) is 0.880. The molecular formula is C10H6FNO2. The highest BCUT2D eigenvalue weighted by Crippen LogP contribution is 2.14. The second kappa shape index (κ2) is 4.19. The van der Waals surface area contributed by atoms with Crippen LogP contribution in [0.2, 0.25) is 0 Å². The molecule has 14 heavy (non-hydrogen) atoms. The normalized spacial score (nSPS) is 10.7. The van der Waals surface area contributed by atoms with Crippen LogP contribution < -0.4 is 0 Å². The van der Waals surface area contributed by atoms with Gasteiger partial charge in [0.15, 0.2) is 5.83 Å². The Morgan fingerprint density at radius 2 is 2.07 bits per heavy atom. The molecule has 0 atom stereocenters. The van der Waals surface area contributed by atoms with Crippen molar-refractivity contribution in [1.29, 1.82) is 0 Å². The Bertz CT molecular complexity index is 415. The smallest absolute Gasteiger partial charge is 0.258 e. The van der Waals surface area contributed by atoms with Crippen LogP contribution in [0.4, 0.5) is 10.1 Å². The minimum Gasteiger partial charge on any atom is -0.258 e. The van der Waals surface area contributed by atoms with E-state index in [1.807, 2.05) is 5.92 Å². The first-order valence-corrected chi connectivity index (χ1v) is 3.72. The Morgan fingerprint density at radius 3 is 2.50 bits per heavy atom. The van der Waals surface area contributed by atoms with Crippen LogP contribution in [0.1, 0.15) is 5.56 Å². The summed E-state index contributed by atoms with van der Waals surface area (Å²) in [5, 5.41) is 10.3. The van der Waals surface area contributed by atoms with Crippen LogP contribution in [0.15, 0.2) is 30.1 Å². The first-order valence-electron chi connectivity index (χ1n) is 3.72. The van der Waals surface area contributed by atoms with Crippen LogP contribution >= 0.6 is 0 Å². The number of benzene rings is 1. The summed E-state index contributed by atoms with van der Waals surface area (Å²) in [6.07, 6.45) is 5.93. The molecule has 0 saturated carbocycles. The zero-order valence-electron chi connectivity index (χ0n) is 7.11. The summed E-state index contributed by atoms with van der Waals surface area (Å²) in [5.74, 6) is 1.10. The summed E-state index contributed by atoms with van der Waals surface area (Å²) in [6, 6.07) is 5.43. The lowest BCUT2D eigenvalue weighted by molar-refractivity contribution is -0.384. The highest BCUT2D eigenvalue weighted by Gasteiger charge is 2.02. The number of halogens is 1. The lowest BCUT2D eigenvalue weighted by atomic mass is 10.2. The first-order chi connectivity index (χ1) is 6.63. The largest absolute Gasteiger partial charge is 0.269 e. The van der Waals surface area contributed by atoms with Crippen molar-refractivity contribution < 1.29 is 9.31 Å². The highest BCUT2D eigenvalue weighted by molar-refractivity contribution is 5.56. The monoisotopic (exact) mass is 191 g/mol. The van der Waals surface area contributed by atoms with Crippen molar-refractivity contribution >= 4 is 11.8 Å². The van der Waals surface area contributed by atoms with Crippen molar-refractivity contribution in [3.05, 3.63) is 45.8 Å². The van der Waals surface area contributed by atoms with Crippen molar-refractivity contribution in [2.75, 3.05) is 0 Å². The third-order valence-corrected chi connectivity index (χ3v) is 1.54. The Balaban J connectivity index is 2.96. The summed E-state index contributed by atoms with van der Waals surface area (Å²) in [7, 11) is 0. The van der Waals surface area contributed by atoms with Crippen LogP contribution in [0.5, 0.6) is 0 Å². The van der Waals surface area contributed by atoms with E-state index < -0.39 is 10.8 Å². The molecule has 0 heterocycles. The van der Waals surface area contributed by atoms with Gasteiger partial charge in [-0.05, 0) is 29.7 Å². The predicted octanol–water partition coefficient (Wildman–Crippen LogP) is 2.54. The van der Waals surface area contributed by atoms with Gasteiger partial charge < -0.3 is 0 Å². The van der Waals surface area contributed by atoms with Gasteiger partial charge >= 0.3 is 0 Å². The van der Waals surface area contributed by atoms with Gasteiger partial charge in [0, 0.05) is 12.1 Å². The molecule has 1 aromatic rings. The molecule has 0 spiro atoms. The molecule has 0 aliphatic rings. The second-order valence-electron chi connectivity index (χ2n) is 2.49. The van der Waals surface area contributed by atoms with Crippen molar-refractivity contribution in [3.63, 3.8) is 0 Å². The average molecular weight is 191 g/mol. The molecule has 3 nitrogen and oxygen atoms in total. The van der Waals surface area contributed by atoms with Crippen LogP contribution in [0.3, 0.4) is 0 Å². The van der Waals surface area contributed by atoms with Gasteiger partial charge in [-0.1, -0.05) is 0 Å². The lowest BCUT2D eigenvalue weighted by Crippen LogP contribution is -1.86. The fourth-order valence-electron chi connectivity index (χ4n) is 0.880. The van der Waals surface area contributed by atoms with E-state index >= 15 is 0 Å². The number of non-ortho nitro benzene ring substituents is 1. The highest BCUT2D eigenvalue weighted by atomic mass is 19.1. The molecular weight excluding hydrogens is 185 g/mol.